The molecular formula is C36H60O15. The van der Waals surface area contributed by atoms with Crippen molar-refractivity contribution in [1.29, 1.82) is 0 Å². The van der Waals surface area contributed by atoms with E-state index in [1.165, 1.54) is 0 Å². The third-order valence-electron chi connectivity index (χ3n) is 8.44. The molecule has 0 spiro atoms. The second-order valence-corrected chi connectivity index (χ2v) is 12.6. The van der Waals surface area contributed by atoms with E-state index in [-0.39, 0.29) is 19.4 Å². The van der Waals surface area contributed by atoms with Gasteiger partial charge in [-0.3, -0.25) is 9.59 Å². The highest BCUT2D eigenvalue weighted by molar-refractivity contribution is 5.70. The Morgan fingerprint density at radius 2 is 1.22 bits per heavy atom. The predicted octanol–water partition coefficient (Wildman–Crippen LogP) is 1.08. The zero-order chi connectivity index (χ0) is 37.6. The van der Waals surface area contributed by atoms with Crippen molar-refractivity contribution in [3.8, 4) is 0 Å². The van der Waals surface area contributed by atoms with Crippen LogP contribution in [-0.2, 0) is 38.0 Å². The molecule has 0 radical (unpaired) electrons. The molecule has 2 aliphatic heterocycles. The quantitative estimate of drug-likeness (QED) is 0.0418. The summed E-state index contributed by atoms with van der Waals surface area (Å²) < 4.78 is 32.6. The molecule has 0 aromatic rings. The zero-order valence-corrected chi connectivity index (χ0v) is 29.8. The van der Waals surface area contributed by atoms with Crippen LogP contribution in [0.1, 0.15) is 84.5 Å². The molecular weight excluding hydrogens is 672 g/mol. The predicted molar refractivity (Wildman–Crippen MR) is 183 cm³/mol. The minimum atomic E-state index is -1.76. The van der Waals surface area contributed by atoms with Gasteiger partial charge in [-0.1, -0.05) is 69.6 Å². The molecule has 0 aromatic carbocycles. The lowest BCUT2D eigenvalue weighted by molar-refractivity contribution is -0.332. The number of carbonyl (C=O) groups excluding carboxylic acids is 2. The first-order chi connectivity index (χ1) is 24.5. The lowest BCUT2D eigenvalue weighted by Crippen LogP contribution is -2.61. The van der Waals surface area contributed by atoms with Crippen molar-refractivity contribution < 1.29 is 73.8 Å². The molecule has 11 atom stereocenters. The van der Waals surface area contributed by atoms with Crippen LogP contribution in [0.25, 0.3) is 0 Å². The maximum atomic E-state index is 12.6. The van der Waals surface area contributed by atoms with Crippen LogP contribution >= 0.6 is 0 Å². The standard InChI is InChI=1S/C36H60O15/c1-3-5-6-7-8-9-10-11-12-13-14-15-16-17-18-19-28(39)49-24(21-46-27(38)4-2)22-47-35-34(45)32(43)30(41)26(51-35)23-48-36-33(44)31(42)29(40)25(20-37)50-36/h5-6,8-9,11-12,24-26,29-37,40-45H,3-4,7,10,13-23H2,1-2H3/b6-5-,9-8-,12-11-. The topological polar surface area (TPSA) is 231 Å². The Labute approximate surface area is 300 Å². The van der Waals surface area contributed by atoms with Gasteiger partial charge >= 0.3 is 11.9 Å². The minimum Gasteiger partial charge on any atom is -0.462 e. The van der Waals surface area contributed by atoms with Crippen LogP contribution in [0.5, 0.6) is 0 Å². The summed E-state index contributed by atoms with van der Waals surface area (Å²) in [4.78, 5) is 24.4. The Morgan fingerprint density at radius 3 is 1.86 bits per heavy atom. The van der Waals surface area contributed by atoms with Gasteiger partial charge in [0.2, 0.25) is 0 Å². The highest BCUT2D eigenvalue weighted by Crippen LogP contribution is 2.26. The number of carbonyl (C=O) groups is 2. The number of aliphatic hydroxyl groups excluding tert-OH is 7. The van der Waals surface area contributed by atoms with E-state index in [1.54, 1.807) is 6.92 Å². The van der Waals surface area contributed by atoms with E-state index in [9.17, 15) is 45.3 Å². The molecule has 0 amide bonds. The number of aliphatic hydroxyl groups is 7. The van der Waals surface area contributed by atoms with E-state index in [4.69, 9.17) is 28.4 Å². The van der Waals surface area contributed by atoms with Gasteiger partial charge in [0.05, 0.1) is 19.8 Å². The summed E-state index contributed by atoms with van der Waals surface area (Å²) in [7, 11) is 0. The molecule has 51 heavy (non-hydrogen) atoms. The summed E-state index contributed by atoms with van der Waals surface area (Å²) in [5, 5.41) is 71.0. The molecule has 2 rings (SSSR count). The van der Waals surface area contributed by atoms with Crippen LogP contribution < -0.4 is 0 Å². The molecule has 0 aliphatic carbocycles. The van der Waals surface area contributed by atoms with Crippen molar-refractivity contribution in [1.82, 2.24) is 0 Å². The number of ether oxygens (including phenoxy) is 6. The van der Waals surface area contributed by atoms with Crippen molar-refractivity contribution in [3.63, 3.8) is 0 Å². The van der Waals surface area contributed by atoms with E-state index in [2.05, 4.69) is 43.4 Å². The molecule has 2 fully saturated rings. The Kier molecular flexibility index (Phi) is 22.6. The number of allylic oxidation sites excluding steroid dienone is 6. The second-order valence-electron chi connectivity index (χ2n) is 12.6. The van der Waals surface area contributed by atoms with Crippen molar-refractivity contribution in [2.24, 2.45) is 0 Å². The molecule has 0 saturated carbocycles. The van der Waals surface area contributed by atoms with Crippen molar-refractivity contribution in [2.45, 2.75) is 152 Å². The van der Waals surface area contributed by atoms with E-state index in [0.717, 1.165) is 51.4 Å². The maximum absolute atomic E-state index is 12.6. The average Bonchev–Trinajstić information content (AvgIpc) is 3.13. The van der Waals surface area contributed by atoms with E-state index in [0.29, 0.717) is 6.42 Å². The van der Waals surface area contributed by atoms with E-state index in [1.807, 2.05) is 0 Å². The van der Waals surface area contributed by atoms with Crippen molar-refractivity contribution in [2.75, 3.05) is 26.4 Å². The van der Waals surface area contributed by atoms with Crippen LogP contribution in [0.15, 0.2) is 36.5 Å². The van der Waals surface area contributed by atoms with Crippen LogP contribution in [0.3, 0.4) is 0 Å². The molecule has 294 valence electrons. The smallest absolute Gasteiger partial charge is 0.306 e. The number of esters is 2. The summed E-state index contributed by atoms with van der Waals surface area (Å²) in [6.07, 6.45) is 4.80. The molecule has 2 aliphatic rings. The Morgan fingerprint density at radius 1 is 0.647 bits per heavy atom. The van der Waals surface area contributed by atoms with Gasteiger partial charge in [-0.05, 0) is 38.5 Å². The SMILES string of the molecule is CC/C=C\C/C=C\C/C=C\CCCCCCCC(=O)OC(COC(=O)CC)COC1OC(COC2OC(CO)C(O)C(O)C2O)C(O)C(O)C1O. The Bertz CT molecular complexity index is 1050. The first kappa shape index (κ1) is 44.9. The summed E-state index contributed by atoms with van der Waals surface area (Å²) in [5.41, 5.74) is 0. The lowest BCUT2D eigenvalue weighted by atomic mass is 9.98. The van der Waals surface area contributed by atoms with E-state index < -0.39 is 99.3 Å². The van der Waals surface area contributed by atoms with Crippen molar-refractivity contribution in [3.05, 3.63) is 36.5 Å². The zero-order valence-electron chi connectivity index (χ0n) is 29.8. The Balaban J connectivity index is 1.79. The number of hydrogen-bond donors (Lipinski definition) is 7. The summed E-state index contributed by atoms with van der Waals surface area (Å²) in [6.45, 7) is 1.79. The van der Waals surface area contributed by atoms with Crippen LogP contribution in [-0.4, -0.2) is 142 Å². The maximum Gasteiger partial charge on any atom is 0.306 e. The summed E-state index contributed by atoms with van der Waals surface area (Å²) in [5.74, 6) is -1.05. The minimum absolute atomic E-state index is 0.0932. The number of unbranched alkanes of at least 4 members (excludes halogenated alkanes) is 5. The molecule has 7 N–H and O–H groups in total. The molecule has 15 heteroatoms. The van der Waals surface area contributed by atoms with Gasteiger partial charge in [-0.25, -0.2) is 0 Å². The Hall–Kier alpha value is -2.28. The molecule has 2 saturated heterocycles. The monoisotopic (exact) mass is 732 g/mol. The van der Waals surface area contributed by atoms with Gasteiger partial charge in [0.25, 0.3) is 0 Å². The molecule has 0 bridgehead atoms. The fourth-order valence-electron chi connectivity index (χ4n) is 5.33. The normalized spacial score (nSPS) is 30.7. The van der Waals surface area contributed by atoms with Gasteiger partial charge in [0.15, 0.2) is 18.7 Å². The second kappa shape index (κ2) is 25.7. The van der Waals surface area contributed by atoms with Crippen LogP contribution in [0.4, 0.5) is 0 Å². The lowest BCUT2D eigenvalue weighted by Gasteiger charge is -2.42. The summed E-state index contributed by atoms with van der Waals surface area (Å²) in [6, 6.07) is 0. The first-order valence-corrected chi connectivity index (χ1v) is 18.1. The van der Waals surface area contributed by atoms with Gasteiger partial charge in [-0.15, -0.1) is 0 Å². The van der Waals surface area contributed by atoms with Crippen molar-refractivity contribution >= 4 is 11.9 Å². The van der Waals surface area contributed by atoms with Gasteiger partial charge in [-0.2, -0.15) is 0 Å². The van der Waals surface area contributed by atoms with Gasteiger partial charge in [0, 0.05) is 12.8 Å². The van der Waals surface area contributed by atoms with Crippen LogP contribution in [0, 0.1) is 0 Å². The third-order valence-corrected chi connectivity index (χ3v) is 8.44. The number of hydrogen-bond acceptors (Lipinski definition) is 15. The van der Waals surface area contributed by atoms with Gasteiger partial charge < -0.3 is 64.2 Å². The molecule has 2 heterocycles. The van der Waals surface area contributed by atoms with Gasteiger partial charge in [0.1, 0.15) is 55.4 Å². The molecule has 11 unspecified atom stereocenters. The van der Waals surface area contributed by atoms with E-state index >= 15 is 0 Å². The largest absolute Gasteiger partial charge is 0.462 e. The third kappa shape index (κ3) is 16.5. The molecule has 0 aromatic heterocycles. The highest BCUT2D eigenvalue weighted by Gasteiger charge is 2.47. The highest BCUT2D eigenvalue weighted by atomic mass is 16.7. The fraction of sp³-hybridized carbons (Fsp3) is 0.778. The first-order valence-electron chi connectivity index (χ1n) is 18.1. The van der Waals surface area contributed by atoms with Crippen LogP contribution in [0.2, 0.25) is 0 Å². The average molecular weight is 733 g/mol. The molecule has 15 nitrogen and oxygen atoms in total. The summed E-state index contributed by atoms with van der Waals surface area (Å²) >= 11 is 0. The number of rotatable bonds is 24. The fourth-order valence-corrected chi connectivity index (χ4v) is 5.33.